The zero-order valence-corrected chi connectivity index (χ0v) is 8.95. The maximum absolute atomic E-state index is 11.1. The van der Waals surface area contributed by atoms with Gasteiger partial charge in [0.25, 0.3) is 0 Å². The first kappa shape index (κ1) is 13.5. The van der Waals surface area contributed by atoms with Gasteiger partial charge in [-0.1, -0.05) is 13.0 Å². The molecule has 0 aromatic carbocycles. The average Bonchev–Trinajstić information content (AvgIpc) is 2.18. The Balaban J connectivity index is 3.68. The summed E-state index contributed by atoms with van der Waals surface area (Å²) in [5.74, 6) is -1.40. The smallest absolute Gasteiger partial charge is 0.314 e. The molecule has 1 unspecified atom stereocenters. The number of amides is 2. The fourth-order valence-electron chi connectivity index (χ4n) is 0.972. The molecule has 0 aliphatic heterocycles. The SMILES string of the molecule is C=CCCNC(=O)NCC(CC)C(=O)O. The molecule has 5 nitrogen and oxygen atoms in total. The summed E-state index contributed by atoms with van der Waals surface area (Å²) < 4.78 is 0. The second-order valence-corrected chi connectivity index (χ2v) is 3.16. The van der Waals surface area contributed by atoms with E-state index in [4.69, 9.17) is 5.11 Å². The third kappa shape index (κ3) is 6.54. The van der Waals surface area contributed by atoms with E-state index < -0.39 is 11.9 Å². The van der Waals surface area contributed by atoms with Crippen LogP contribution in [0.2, 0.25) is 0 Å². The number of carboxylic acid groups (broad SMARTS) is 1. The van der Waals surface area contributed by atoms with Crippen LogP contribution in [0.5, 0.6) is 0 Å². The number of carbonyl (C=O) groups excluding carboxylic acids is 1. The summed E-state index contributed by atoms with van der Waals surface area (Å²) in [6.45, 7) is 5.96. The Hall–Kier alpha value is -1.52. The molecule has 0 aliphatic carbocycles. The van der Waals surface area contributed by atoms with E-state index >= 15 is 0 Å². The van der Waals surface area contributed by atoms with Crippen LogP contribution in [-0.2, 0) is 4.79 Å². The van der Waals surface area contributed by atoms with E-state index in [0.717, 1.165) is 0 Å². The second kappa shape index (κ2) is 7.84. The Morgan fingerprint density at radius 3 is 2.60 bits per heavy atom. The first-order chi connectivity index (χ1) is 7.11. The van der Waals surface area contributed by atoms with Gasteiger partial charge in [-0.2, -0.15) is 0 Å². The Kier molecular flexibility index (Phi) is 7.05. The largest absolute Gasteiger partial charge is 0.481 e. The summed E-state index contributed by atoms with van der Waals surface area (Å²) in [4.78, 5) is 21.7. The van der Waals surface area contributed by atoms with Crippen LogP contribution in [0.1, 0.15) is 19.8 Å². The standard InChI is InChI=1S/C10H18N2O3/c1-3-5-6-11-10(15)12-7-8(4-2)9(13)14/h3,8H,1,4-7H2,2H3,(H,13,14)(H2,11,12,15). The number of nitrogens with one attached hydrogen (secondary N) is 2. The molecule has 1 atom stereocenters. The van der Waals surface area contributed by atoms with Crippen LogP contribution in [-0.4, -0.2) is 30.2 Å². The molecule has 15 heavy (non-hydrogen) atoms. The van der Waals surface area contributed by atoms with Crippen molar-refractivity contribution in [3.8, 4) is 0 Å². The van der Waals surface area contributed by atoms with Crippen molar-refractivity contribution in [3.05, 3.63) is 12.7 Å². The van der Waals surface area contributed by atoms with Gasteiger partial charge in [0.1, 0.15) is 0 Å². The van der Waals surface area contributed by atoms with Gasteiger partial charge in [0, 0.05) is 13.1 Å². The molecule has 0 aromatic rings. The van der Waals surface area contributed by atoms with Crippen LogP contribution in [0.4, 0.5) is 4.79 Å². The first-order valence-electron chi connectivity index (χ1n) is 4.97. The number of urea groups is 1. The zero-order chi connectivity index (χ0) is 11.7. The minimum atomic E-state index is -0.885. The predicted octanol–water partition coefficient (Wildman–Crippen LogP) is 0.972. The third-order valence-electron chi connectivity index (χ3n) is 1.99. The highest BCUT2D eigenvalue weighted by molar-refractivity contribution is 5.75. The highest BCUT2D eigenvalue weighted by Gasteiger charge is 2.15. The average molecular weight is 214 g/mol. The molecule has 5 heteroatoms. The first-order valence-corrected chi connectivity index (χ1v) is 4.97. The van der Waals surface area contributed by atoms with E-state index in [-0.39, 0.29) is 12.6 Å². The van der Waals surface area contributed by atoms with Gasteiger partial charge in [0.05, 0.1) is 5.92 Å². The molecule has 0 rings (SSSR count). The minimum Gasteiger partial charge on any atom is -0.481 e. The predicted molar refractivity (Wildman–Crippen MR) is 57.6 cm³/mol. The number of aliphatic carboxylic acids is 1. The van der Waals surface area contributed by atoms with E-state index in [0.29, 0.717) is 19.4 Å². The lowest BCUT2D eigenvalue weighted by atomic mass is 10.1. The number of hydrogen-bond donors (Lipinski definition) is 3. The zero-order valence-electron chi connectivity index (χ0n) is 8.95. The highest BCUT2D eigenvalue weighted by atomic mass is 16.4. The Labute approximate surface area is 89.6 Å². The molecule has 0 bridgehead atoms. The summed E-state index contributed by atoms with van der Waals surface area (Å²) in [6.07, 6.45) is 2.90. The van der Waals surface area contributed by atoms with Crippen LogP contribution in [0.15, 0.2) is 12.7 Å². The maximum atomic E-state index is 11.1. The fourth-order valence-corrected chi connectivity index (χ4v) is 0.972. The lowest BCUT2D eigenvalue weighted by molar-refractivity contribution is -0.141. The molecule has 0 aromatic heterocycles. The van der Waals surface area contributed by atoms with Gasteiger partial charge in [0.15, 0.2) is 0 Å². The van der Waals surface area contributed by atoms with Crippen LogP contribution in [0.25, 0.3) is 0 Å². The molecule has 0 saturated heterocycles. The Morgan fingerprint density at radius 2 is 2.13 bits per heavy atom. The molecule has 0 saturated carbocycles. The van der Waals surface area contributed by atoms with Gasteiger partial charge in [-0.05, 0) is 12.8 Å². The number of hydrogen-bond acceptors (Lipinski definition) is 2. The maximum Gasteiger partial charge on any atom is 0.314 e. The van der Waals surface area contributed by atoms with Crippen LogP contribution in [0, 0.1) is 5.92 Å². The normalized spacial score (nSPS) is 11.5. The molecule has 3 N–H and O–H groups in total. The summed E-state index contributed by atoms with van der Waals surface area (Å²) in [5, 5.41) is 13.8. The summed E-state index contributed by atoms with van der Waals surface area (Å²) in [6, 6.07) is -0.337. The van der Waals surface area contributed by atoms with E-state index in [9.17, 15) is 9.59 Å². The van der Waals surface area contributed by atoms with Gasteiger partial charge in [0.2, 0.25) is 0 Å². The van der Waals surface area contributed by atoms with Gasteiger partial charge in [-0.15, -0.1) is 6.58 Å². The summed E-state index contributed by atoms with van der Waals surface area (Å²) >= 11 is 0. The van der Waals surface area contributed by atoms with Gasteiger partial charge in [-0.3, -0.25) is 4.79 Å². The minimum absolute atomic E-state index is 0.158. The Bertz CT molecular complexity index is 229. The van der Waals surface area contributed by atoms with Crippen LogP contribution in [0.3, 0.4) is 0 Å². The molecule has 2 amide bonds. The summed E-state index contributed by atoms with van der Waals surface area (Å²) in [7, 11) is 0. The molecule has 0 heterocycles. The molecule has 0 fully saturated rings. The van der Waals surface area contributed by atoms with Crippen molar-refractivity contribution in [3.63, 3.8) is 0 Å². The van der Waals surface area contributed by atoms with E-state index in [1.807, 2.05) is 0 Å². The van der Waals surface area contributed by atoms with Crippen molar-refractivity contribution in [1.82, 2.24) is 10.6 Å². The fraction of sp³-hybridized carbons (Fsp3) is 0.600. The number of carbonyl (C=O) groups is 2. The van der Waals surface area contributed by atoms with E-state index in [1.165, 1.54) is 0 Å². The molecular weight excluding hydrogens is 196 g/mol. The highest BCUT2D eigenvalue weighted by Crippen LogP contribution is 1.99. The summed E-state index contributed by atoms with van der Waals surface area (Å²) in [5.41, 5.74) is 0. The lowest BCUT2D eigenvalue weighted by Gasteiger charge is -2.11. The van der Waals surface area contributed by atoms with Gasteiger partial charge >= 0.3 is 12.0 Å². The molecule has 0 radical (unpaired) electrons. The van der Waals surface area contributed by atoms with Crippen molar-refractivity contribution < 1.29 is 14.7 Å². The second-order valence-electron chi connectivity index (χ2n) is 3.16. The molecule has 86 valence electrons. The molecule has 0 spiro atoms. The monoisotopic (exact) mass is 214 g/mol. The van der Waals surface area contributed by atoms with Crippen LogP contribution < -0.4 is 10.6 Å². The quantitative estimate of drug-likeness (QED) is 0.436. The molecular formula is C10H18N2O3. The van der Waals surface area contributed by atoms with Gasteiger partial charge in [-0.25, -0.2) is 4.79 Å². The van der Waals surface area contributed by atoms with Crippen molar-refractivity contribution >= 4 is 12.0 Å². The van der Waals surface area contributed by atoms with Gasteiger partial charge < -0.3 is 15.7 Å². The lowest BCUT2D eigenvalue weighted by Crippen LogP contribution is -2.40. The number of rotatable bonds is 7. The topological polar surface area (TPSA) is 78.4 Å². The number of carboxylic acids is 1. The molecule has 0 aliphatic rings. The van der Waals surface area contributed by atoms with Crippen molar-refractivity contribution in [2.24, 2.45) is 5.92 Å². The van der Waals surface area contributed by atoms with E-state index in [2.05, 4.69) is 17.2 Å². The van der Waals surface area contributed by atoms with E-state index in [1.54, 1.807) is 13.0 Å². The van der Waals surface area contributed by atoms with Crippen LogP contribution >= 0.6 is 0 Å². The third-order valence-corrected chi connectivity index (χ3v) is 1.99. The van der Waals surface area contributed by atoms with Crippen molar-refractivity contribution in [1.29, 1.82) is 0 Å². The Morgan fingerprint density at radius 1 is 1.47 bits per heavy atom. The van der Waals surface area contributed by atoms with Crippen molar-refractivity contribution in [2.45, 2.75) is 19.8 Å². The van der Waals surface area contributed by atoms with Crippen molar-refractivity contribution in [2.75, 3.05) is 13.1 Å².